The molecule has 19 heavy (non-hydrogen) atoms. The van der Waals surface area contributed by atoms with E-state index >= 15 is 0 Å². The number of ether oxygens (including phenoxy) is 1. The monoisotopic (exact) mass is 258 g/mol. The highest BCUT2D eigenvalue weighted by atomic mass is 16.5. The number of pyridine rings is 1. The largest absolute Gasteiger partial charge is 0.624 e. The smallest absolute Gasteiger partial charge is 0.221 e. The molecule has 1 aromatic carbocycles. The van der Waals surface area contributed by atoms with Gasteiger partial charge in [-0.2, -0.15) is 0 Å². The van der Waals surface area contributed by atoms with Gasteiger partial charge in [-0.3, -0.25) is 0 Å². The molecule has 0 aliphatic carbocycles. The van der Waals surface area contributed by atoms with Crippen LogP contribution in [-0.2, 0) is 0 Å². The normalized spacial score (nSPS) is 12.7. The lowest BCUT2D eigenvalue weighted by Gasteiger charge is -2.18. The summed E-state index contributed by atoms with van der Waals surface area (Å²) in [5.41, 5.74) is -0.449. The Kier molecular flexibility index (Phi) is 3.69. The van der Waals surface area contributed by atoms with Gasteiger partial charge in [0.05, 0.1) is 0 Å². The third-order valence-corrected chi connectivity index (χ3v) is 2.76. The van der Waals surface area contributed by atoms with Crippen LogP contribution in [0.3, 0.4) is 0 Å². The number of nitrogens with zero attached hydrogens (tertiary/aromatic N) is 2. The third kappa shape index (κ3) is 3.22. The van der Waals surface area contributed by atoms with Crippen LogP contribution in [0.25, 0.3) is 10.8 Å². The second-order valence-electron chi connectivity index (χ2n) is 5.33. The van der Waals surface area contributed by atoms with Crippen LogP contribution in [0, 0.1) is 5.21 Å². The van der Waals surface area contributed by atoms with Gasteiger partial charge in [-0.25, -0.2) is 9.72 Å². The number of hydrogen-bond acceptors (Lipinski definition) is 3. The fourth-order valence-corrected chi connectivity index (χ4v) is 1.66. The molecule has 0 saturated carbocycles. The number of fused-ring (bicyclic) bond motifs is 1. The van der Waals surface area contributed by atoms with E-state index in [1.54, 1.807) is 6.20 Å². The molecule has 4 nitrogen and oxygen atoms in total. The molecule has 0 unspecified atom stereocenters. The van der Waals surface area contributed by atoms with Gasteiger partial charge in [-0.15, -0.1) is 0 Å². The topological polar surface area (TPSA) is 48.2 Å². The van der Waals surface area contributed by atoms with Gasteiger partial charge in [0.1, 0.15) is 0 Å². The van der Waals surface area contributed by atoms with Crippen molar-refractivity contribution >= 4 is 17.0 Å². The minimum absolute atomic E-state index is 0.210. The SMILES string of the molecule is CC(C)(C)/[N+]([O-])=C/COc1nccc2ccccc12. The van der Waals surface area contributed by atoms with Crippen molar-refractivity contribution in [3.05, 3.63) is 41.7 Å². The molecular weight excluding hydrogens is 240 g/mol. The minimum atomic E-state index is -0.449. The van der Waals surface area contributed by atoms with Gasteiger partial charge in [0.25, 0.3) is 0 Å². The molecule has 1 aromatic heterocycles. The van der Waals surface area contributed by atoms with Crippen LogP contribution in [0.5, 0.6) is 5.88 Å². The van der Waals surface area contributed by atoms with Crippen molar-refractivity contribution in [2.45, 2.75) is 26.3 Å². The van der Waals surface area contributed by atoms with Crippen molar-refractivity contribution in [2.75, 3.05) is 6.61 Å². The second-order valence-corrected chi connectivity index (χ2v) is 5.33. The second kappa shape index (κ2) is 5.26. The molecule has 1 heterocycles. The fourth-order valence-electron chi connectivity index (χ4n) is 1.66. The summed E-state index contributed by atoms with van der Waals surface area (Å²) in [6.45, 7) is 5.77. The van der Waals surface area contributed by atoms with Crippen LogP contribution in [0.2, 0.25) is 0 Å². The van der Waals surface area contributed by atoms with Crippen molar-refractivity contribution in [3.63, 3.8) is 0 Å². The van der Waals surface area contributed by atoms with E-state index in [4.69, 9.17) is 4.74 Å². The maximum absolute atomic E-state index is 11.7. The summed E-state index contributed by atoms with van der Waals surface area (Å²) >= 11 is 0. The summed E-state index contributed by atoms with van der Waals surface area (Å²) in [4.78, 5) is 4.20. The molecule has 0 saturated heterocycles. The summed E-state index contributed by atoms with van der Waals surface area (Å²) in [6.07, 6.45) is 3.19. The quantitative estimate of drug-likeness (QED) is 0.368. The van der Waals surface area contributed by atoms with Crippen LogP contribution in [0.15, 0.2) is 36.5 Å². The Morgan fingerprint density at radius 2 is 2.00 bits per heavy atom. The first-order valence-electron chi connectivity index (χ1n) is 6.25. The maximum atomic E-state index is 11.7. The van der Waals surface area contributed by atoms with Gasteiger partial charge in [0, 0.05) is 32.4 Å². The maximum Gasteiger partial charge on any atom is 0.221 e. The molecule has 0 bridgehead atoms. The summed E-state index contributed by atoms with van der Waals surface area (Å²) in [5.74, 6) is 0.552. The Bertz CT molecular complexity index is 595. The predicted molar refractivity (Wildman–Crippen MR) is 76.7 cm³/mol. The minimum Gasteiger partial charge on any atom is -0.624 e. The Hall–Kier alpha value is -2.10. The van der Waals surface area contributed by atoms with Crippen LogP contribution in [0.1, 0.15) is 20.8 Å². The molecule has 0 radical (unpaired) electrons. The lowest BCUT2D eigenvalue weighted by molar-refractivity contribution is -0.532. The summed E-state index contributed by atoms with van der Waals surface area (Å²) in [6, 6.07) is 9.80. The van der Waals surface area contributed by atoms with Crippen LogP contribution in [-0.4, -0.2) is 28.1 Å². The van der Waals surface area contributed by atoms with E-state index in [0.717, 1.165) is 15.5 Å². The Morgan fingerprint density at radius 1 is 1.26 bits per heavy atom. The molecule has 0 spiro atoms. The van der Waals surface area contributed by atoms with E-state index < -0.39 is 5.54 Å². The molecule has 4 heteroatoms. The van der Waals surface area contributed by atoms with E-state index in [9.17, 15) is 5.21 Å². The molecular formula is C15H18N2O2. The first-order chi connectivity index (χ1) is 8.98. The summed E-state index contributed by atoms with van der Waals surface area (Å²) in [5, 5.41) is 13.7. The first kappa shape index (κ1) is 13.3. The van der Waals surface area contributed by atoms with Crippen molar-refractivity contribution in [1.82, 2.24) is 4.98 Å². The zero-order valence-corrected chi connectivity index (χ0v) is 11.5. The summed E-state index contributed by atoms with van der Waals surface area (Å²) < 4.78 is 6.48. The average molecular weight is 258 g/mol. The molecule has 100 valence electrons. The van der Waals surface area contributed by atoms with Gasteiger partial charge in [-0.1, -0.05) is 18.2 Å². The van der Waals surface area contributed by atoms with E-state index in [2.05, 4.69) is 4.98 Å². The number of benzene rings is 1. The zero-order chi connectivity index (χ0) is 13.9. The lowest BCUT2D eigenvalue weighted by atomic mass is 10.1. The third-order valence-electron chi connectivity index (χ3n) is 2.76. The molecule has 2 rings (SSSR count). The molecule has 2 aromatic rings. The number of rotatable bonds is 3. The van der Waals surface area contributed by atoms with Crippen molar-refractivity contribution < 1.29 is 9.48 Å². The Balaban J connectivity index is 2.15. The zero-order valence-electron chi connectivity index (χ0n) is 11.5. The van der Waals surface area contributed by atoms with Crippen LogP contribution < -0.4 is 4.74 Å². The van der Waals surface area contributed by atoms with Crippen LogP contribution in [0.4, 0.5) is 0 Å². The highest BCUT2D eigenvalue weighted by Crippen LogP contribution is 2.22. The van der Waals surface area contributed by atoms with E-state index in [1.165, 1.54) is 6.21 Å². The Labute approximate surface area is 112 Å². The number of aromatic nitrogens is 1. The highest BCUT2D eigenvalue weighted by Gasteiger charge is 2.17. The lowest BCUT2D eigenvalue weighted by Crippen LogP contribution is -2.30. The average Bonchev–Trinajstić information content (AvgIpc) is 2.38. The van der Waals surface area contributed by atoms with Crippen molar-refractivity contribution in [3.8, 4) is 5.88 Å². The van der Waals surface area contributed by atoms with Crippen LogP contribution >= 0.6 is 0 Å². The van der Waals surface area contributed by atoms with Gasteiger partial charge in [-0.05, 0) is 17.5 Å². The molecule has 0 aliphatic rings. The van der Waals surface area contributed by atoms with Gasteiger partial charge >= 0.3 is 0 Å². The molecule has 0 N–H and O–H groups in total. The van der Waals surface area contributed by atoms with Gasteiger partial charge in [0.2, 0.25) is 5.88 Å². The predicted octanol–water partition coefficient (Wildman–Crippen LogP) is 2.99. The highest BCUT2D eigenvalue weighted by molar-refractivity contribution is 5.86. The molecule has 0 amide bonds. The van der Waals surface area contributed by atoms with E-state index in [-0.39, 0.29) is 6.61 Å². The van der Waals surface area contributed by atoms with E-state index in [0.29, 0.717) is 5.88 Å². The number of hydrogen-bond donors (Lipinski definition) is 0. The Morgan fingerprint density at radius 3 is 2.74 bits per heavy atom. The molecule has 0 atom stereocenters. The summed E-state index contributed by atoms with van der Waals surface area (Å²) in [7, 11) is 0. The fraction of sp³-hybridized carbons (Fsp3) is 0.333. The molecule has 0 aliphatic heterocycles. The number of hydroxylamine groups is 1. The van der Waals surface area contributed by atoms with Gasteiger partial charge in [0.15, 0.2) is 18.4 Å². The standard InChI is InChI=1S/C15H18N2O2/c1-15(2,3)17(18)10-11-19-14-13-7-5-4-6-12(13)8-9-16-14/h4-10H,11H2,1-3H3/b17-10-. The van der Waals surface area contributed by atoms with Gasteiger partial charge < -0.3 is 9.94 Å². The van der Waals surface area contributed by atoms with E-state index in [1.807, 2.05) is 51.1 Å². The van der Waals surface area contributed by atoms with Crippen molar-refractivity contribution in [1.29, 1.82) is 0 Å². The van der Waals surface area contributed by atoms with Crippen molar-refractivity contribution in [2.24, 2.45) is 0 Å². The first-order valence-corrected chi connectivity index (χ1v) is 6.25. The molecule has 0 fully saturated rings.